The molecule has 0 unspecified atom stereocenters. The highest BCUT2D eigenvalue weighted by Crippen LogP contribution is 2.37. The van der Waals surface area contributed by atoms with Crippen molar-refractivity contribution in [1.29, 1.82) is 0 Å². The minimum Gasteiger partial charge on any atom is -0.307 e. The molecule has 0 aromatic heterocycles. The summed E-state index contributed by atoms with van der Waals surface area (Å²) in [6.45, 7) is 15.8. The number of aryl methyl sites for hydroxylation is 1. The molecule has 1 heteroatoms. The average Bonchev–Trinajstić information content (AvgIpc) is 2.35. The van der Waals surface area contributed by atoms with Crippen LogP contribution in [0.15, 0.2) is 30.8 Å². The maximum atomic E-state index is 4.35. The maximum Gasteiger partial charge on any atom is 0.0132 e. The van der Waals surface area contributed by atoms with Gasteiger partial charge in [0.15, 0.2) is 0 Å². The highest BCUT2D eigenvalue weighted by molar-refractivity contribution is 5.63. The number of rotatable bonds is 4. The normalized spacial score (nSPS) is 21.2. The minimum atomic E-state index is 0.221. The van der Waals surface area contributed by atoms with Crippen LogP contribution in [0.4, 0.5) is 0 Å². The molecule has 21 heavy (non-hydrogen) atoms. The average molecular weight is 285 g/mol. The summed E-state index contributed by atoms with van der Waals surface area (Å²) in [5, 5.41) is 3.76. The standard InChI is InChI=1S/C20H31N/c1-7-16-8-10-18(11-9-16)15(2)12-17-13-19(3,4)21-20(5,6)14-17/h8-11,17,21H,2,7,12-14H2,1,3-6H3. The molecule has 1 aliphatic heterocycles. The van der Waals surface area contributed by atoms with Crippen molar-refractivity contribution in [2.75, 3.05) is 0 Å². The number of allylic oxidation sites excluding steroid dienone is 1. The minimum absolute atomic E-state index is 0.221. The van der Waals surface area contributed by atoms with Crippen molar-refractivity contribution in [3.8, 4) is 0 Å². The molecular formula is C20H31N. The molecule has 2 rings (SSSR count). The molecule has 0 aliphatic carbocycles. The first-order valence-corrected chi connectivity index (χ1v) is 8.27. The Morgan fingerprint density at radius 3 is 2.10 bits per heavy atom. The second-order valence-electron chi connectivity index (χ2n) is 8.03. The summed E-state index contributed by atoms with van der Waals surface area (Å²) < 4.78 is 0. The SMILES string of the molecule is C=C(CC1CC(C)(C)NC(C)(C)C1)c1ccc(CC)cc1. The predicted octanol–water partition coefficient (Wildman–Crippen LogP) is 5.21. The molecule has 0 radical (unpaired) electrons. The lowest BCUT2D eigenvalue weighted by Crippen LogP contribution is -2.57. The zero-order valence-corrected chi connectivity index (χ0v) is 14.4. The van der Waals surface area contributed by atoms with Gasteiger partial charge in [-0.25, -0.2) is 0 Å². The van der Waals surface area contributed by atoms with E-state index in [1.807, 2.05) is 0 Å². The smallest absolute Gasteiger partial charge is 0.0132 e. The molecule has 1 N–H and O–H groups in total. The zero-order chi connectivity index (χ0) is 15.7. The fourth-order valence-electron chi connectivity index (χ4n) is 4.12. The second-order valence-corrected chi connectivity index (χ2v) is 8.03. The topological polar surface area (TPSA) is 12.0 Å². The first-order chi connectivity index (χ1) is 9.71. The van der Waals surface area contributed by atoms with E-state index in [1.54, 1.807) is 0 Å². The van der Waals surface area contributed by atoms with Gasteiger partial charge in [0.1, 0.15) is 0 Å². The van der Waals surface area contributed by atoms with Crippen molar-refractivity contribution in [2.45, 2.75) is 71.4 Å². The summed E-state index contributed by atoms with van der Waals surface area (Å²) >= 11 is 0. The van der Waals surface area contributed by atoms with Crippen LogP contribution in [0.25, 0.3) is 5.57 Å². The van der Waals surface area contributed by atoms with E-state index in [0.29, 0.717) is 0 Å². The Balaban J connectivity index is 2.04. The lowest BCUT2D eigenvalue weighted by Gasteiger charge is -2.46. The summed E-state index contributed by atoms with van der Waals surface area (Å²) in [4.78, 5) is 0. The largest absolute Gasteiger partial charge is 0.307 e. The number of benzene rings is 1. The van der Waals surface area contributed by atoms with Gasteiger partial charge in [0.25, 0.3) is 0 Å². The van der Waals surface area contributed by atoms with E-state index in [-0.39, 0.29) is 11.1 Å². The van der Waals surface area contributed by atoms with Gasteiger partial charge >= 0.3 is 0 Å². The molecule has 1 nitrogen and oxygen atoms in total. The van der Waals surface area contributed by atoms with Crippen LogP contribution in [0, 0.1) is 5.92 Å². The van der Waals surface area contributed by atoms with Crippen molar-refractivity contribution in [1.82, 2.24) is 5.32 Å². The lowest BCUT2D eigenvalue weighted by molar-refractivity contribution is 0.131. The van der Waals surface area contributed by atoms with Crippen LogP contribution >= 0.6 is 0 Å². The molecule has 1 fully saturated rings. The number of hydrogen-bond acceptors (Lipinski definition) is 1. The first kappa shape index (κ1) is 16.3. The molecule has 1 heterocycles. The quantitative estimate of drug-likeness (QED) is 0.801. The fourth-order valence-corrected chi connectivity index (χ4v) is 4.12. The summed E-state index contributed by atoms with van der Waals surface area (Å²) in [5.74, 6) is 0.717. The van der Waals surface area contributed by atoms with Gasteiger partial charge in [-0.15, -0.1) is 0 Å². The molecule has 0 bridgehead atoms. The molecule has 0 atom stereocenters. The molecule has 1 aliphatic rings. The number of hydrogen-bond donors (Lipinski definition) is 1. The Labute approximate surface area is 130 Å². The van der Waals surface area contributed by atoms with Crippen molar-refractivity contribution < 1.29 is 0 Å². The van der Waals surface area contributed by atoms with E-state index in [0.717, 1.165) is 18.8 Å². The van der Waals surface area contributed by atoms with Crippen LogP contribution in [0.1, 0.15) is 65.0 Å². The van der Waals surface area contributed by atoms with Crippen LogP contribution < -0.4 is 5.32 Å². The first-order valence-electron chi connectivity index (χ1n) is 8.27. The lowest BCUT2D eigenvalue weighted by atomic mass is 9.73. The summed E-state index contributed by atoms with van der Waals surface area (Å²) in [6, 6.07) is 8.94. The van der Waals surface area contributed by atoms with Crippen LogP contribution in [0.3, 0.4) is 0 Å². The Hall–Kier alpha value is -1.08. The predicted molar refractivity (Wildman–Crippen MR) is 93.5 cm³/mol. The molecular weight excluding hydrogens is 254 g/mol. The van der Waals surface area contributed by atoms with Gasteiger partial charge in [0.05, 0.1) is 0 Å². The molecule has 1 saturated heterocycles. The van der Waals surface area contributed by atoms with Crippen LogP contribution in [0.2, 0.25) is 0 Å². The Morgan fingerprint density at radius 1 is 1.10 bits per heavy atom. The van der Waals surface area contributed by atoms with Gasteiger partial charge in [-0.2, -0.15) is 0 Å². The molecule has 1 aromatic carbocycles. The van der Waals surface area contributed by atoms with Crippen molar-refractivity contribution >= 4 is 5.57 Å². The van der Waals surface area contributed by atoms with E-state index < -0.39 is 0 Å². The summed E-state index contributed by atoms with van der Waals surface area (Å²) in [6.07, 6.45) is 4.66. The van der Waals surface area contributed by atoms with E-state index >= 15 is 0 Å². The van der Waals surface area contributed by atoms with Gasteiger partial charge in [-0.3, -0.25) is 0 Å². The maximum absolute atomic E-state index is 4.35. The van der Waals surface area contributed by atoms with Crippen molar-refractivity contribution in [3.05, 3.63) is 42.0 Å². The van der Waals surface area contributed by atoms with Crippen LogP contribution in [-0.2, 0) is 6.42 Å². The van der Waals surface area contributed by atoms with E-state index in [4.69, 9.17) is 0 Å². The van der Waals surface area contributed by atoms with Gasteiger partial charge in [0.2, 0.25) is 0 Å². The zero-order valence-electron chi connectivity index (χ0n) is 14.4. The molecule has 116 valence electrons. The van der Waals surface area contributed by atoms with Crippen molar-refractivity contribution in [3.63, 3.8) is 0 Å². The molecule has 0 amide bonds. The van der Waals surface area contributed by atoms with Crippen molar-refractivity contribution in [2.24, 2.45) is 5.92 Å². The van der Waals surface area contributed by atoms with Gasteiger partial charge in [-0.1, -0.05) is 37.8 Å². The third kappa shape index (κ3) is 4.44. The number of piperidine rings is 1. The highest BCUT2D eigenvalue weighted by atomic mass is 15.0. The number of nitrogens with one attached hydrogen (secondary N) is 1. The van der Waals surface area contributed by atoms with E-state index in [2.05, 4.69) is 70.8 Å². The Kier molecular flexibility index (Phi) is 4.63. The van der Waals surface area contributed by atoms with Gasteiger partial charge in [0, 0.05) is 11.1 Å². The van der Waals surface area contributed by atoms with Crippen LogP contribution in [-0.4, -0.2) is 11.1 Å². The summed E-state index contributed by atoms with van der Waals surface area (Å²) in [5.41, 5.74) is 4.44. The molecule has 1 aromatic rings. The molecule has 0 saturated carbocycles. The Bertz CT molecular complexity index is 477. The monoisotopic (exact) mass is 285 g/mol. The third-order valence-corrected chi connectivity index (χ3v) is 4.58. The Morgan fingerprint density at radius 2 is 1.62 bits per heavy atom. The van der Waals surface area contributed by atoms with Crippen LogP contribution in [0.5, 0.6) is 0 Å². The van der Waals surface area contributed by atoms with Gasteiger partial charge < -0.3 is 5.32 Å². The highest BCUT2D eigenvalue weighted by Gasteiger charge is 2.37. The molecule has 0 spiro atoms. The van der Waals surface area contributed by atoms with E-state index in [1.165, 1.54) is 29.5 Å². The second kappa shape index (κ2) is 5.96. The van der Waals surface area contributed by atoms with E-state index in [9.17, 15) is 0 Å². The summed E-state index contributed by atoms with van der Waals surface area (Å²) in [7, 11) is 0. The fraction of sp³-hybridized carbons (Fsp3) is 0.600. The third-order valence-electron chi connectivity index (χ3n) is 4.58. The van der Waals surface area contributed by atoms with Gasteiger partial charge in [-0.05, 0) is 76.0 Å².